The van der Waals surface area contributed by atoms with Gasteiger partial charge in [-0.3, -0.25) is 0 Å². The van der Waals surface area contributed by atoms with Crippen molar-refractivity contribution in [3.8, 4) is 0 Å². The predicted molar refractivity (Wildman–Crippen MR) is 82.8 cm³/mol. The van der Waals surface area contributed by atoms with Crippen LogP contribution in [0.4, 0.5) is 4.79 Å². The van der Waals surface area contributed by atoms with E-state index in [4.69, 9.17) is 4.74 Å². The Morgan fingerprint density at radius 2 is 1.95 bits per heavy atom. The molecule has 1 saturated heterocycles. The van der Waals surface area contributed by atoms with Crippen molar-refractivity contribution in [2.45, 2.75) is 65.5 Å². The molecule has 2 atom stereocenters. The van der Waals surface area contributed by atoms with Crippen LogP contribution in [0, 0.1) is 11.8 Å². The summed E-state index contributed by atoms with van der Waals surface area (Å²) in [6.07, 6.45) is 3.27. The zero-order valence-electron chi connectivity index (χ0n) is 14.0. The van der Waals surface area contributed by atoms with Gasteiger partial charge in [0.15, 0.2) is 0 Å². The molecule has 118 valence electrons. The van der Waals surface area contributed by atoms with Gasteiger partial charge in [-0.15, -0.1) is 0 Å². The van der Waals surface area contributed by atoms with Gasteiger partial charge in [-0.1, -0.05) is 26.7 Å². The van der Waals surface area contributed by atoms with Crippen LogP contribution in [0.1, 0.15) is 53.9 Å². The molecule has 1 rings (SSSR count). The molecule has 0 aromatic rings. The highest BCUT2D eigenvalue weighted by Crippen LogP contribution is 2.28. The molecule has 0 spiro atoms. The predicted octanol–water partition coefficient (Wildman–Crippen LogP) is 3.27. The zero-order chi connectivity index (χ0) is 15.3. The Kier molecular flexibility index (Phi) is 6.31. The number of ether oxygens (including phenoxy) is 1. The molecule has 1 N–H and O–H groups in total. The second kappa shape index (κ2) is 7.30. The van der Waals surface area contributed by atoms with Crippen molar-refractivity contribution < 1.29 is 9.53 Å². The number of amides is 1. The fraction of sp³-hybridized carbons (Fsp3) is 0.938. The van der Waals surface area contributed by atoms with Crippen LogP contribution < -0.4 is 5.32 Å². The molecule has 2 unspecified atom stereocenters. The zero-order valence-corrected chi connectivity index (χ0v) is 14.0. The maximum atomic E-state index is 12.1. The van der Waals surface area contributed by atoms with E-state index in [9.17, 15) is 4.79 Å². The fourth-order valence-electron chi connectivity index (χ4n) is 3.23. The highest BCUT2D eigenvalue weighted by molar-refractivity contribution is 5.68. The summed E-state index contributed by atoms with van der Waals surface area (Å²) in [5, 5.41) is 3.47. The number of rotatable bonds is 5. The van der Waals surface area contributed by atoms with E-state index in [1.54, 1.807) is 0 Å². The van der Waals surface area contributed by atoms with E-state index in [1.807, 2.05) is 32.7 Å². The first kappa shape index (κ1) is 17.3. The largest absolute Gasteiger partial charge is 0.444 e. The molecule has 1 fully saturated rings. The maximum absolute atomic E-state index is 12.1. The van der Waals surface area contributed by atoms with Crippen molar-refractivity contribution in [1.29, 1.82) is 0 Å². The van der Waals surface area contributed by atoms with Gasteiger partial charge in [0, 0.05) is 19.1 Å². The van der Waals surface area contributed by atoms with Crippen LogP contribution in [0.3, 0.4) is 0 Å². The molecular weight excluding hydrogens is 252 g/mol. The molecular formula is C16H32N2O2. The minimum atomic E-state index is -0.410. The Morgan fingerprint density at radius 1 is 1.35 bits per heavy atom. The summed E-state index contributed by atoms with van der Waals surface area (Å²) >= 11 is 0. The van der Waals surface area contributed by atoms with Crippen LogP contribution in [0.2, 0.25) is 0 Å². The highest BCUT2D eigenvalue weighted by Gasteiger charge is 2.35. The van der Waals surface area contributed by atoms with Crippen LogP contribution in [0.15, 0.2) is 0 Å². The Hall–Kier alpha value is -0.770. The lowest BCUT2D eigenvalue weighted by atomic mass is 9.84. The third kappa shape index (κ3) is 4.65. The average Bonchev–Trinajstić information content (AvgIpc) is 2.83. The van der Waals surface area contributed by atoms with Gasteiger partial charge in [-0.2, -0.15) is 0 Å². The van der Waals surface area contributed by atoms with Crippen molar-refractivity contribution >= 4 is 6.09 Å². The van der Waals surface area contributed by atoms with Crippen LogP contribution in [0.5, 0.6) is 0 Å². The molecule has 1 aliphatic rings. The first-order valence-electron chi connectivity index (χ1n) is 7.97. The lowest BCUT2D eigenvalue weighted by molar-refractivity contribution is 0.0283. The summed E-state index contributed by atoms with van der Waals surface area (Å²) < 4.78 is 5.46. The molecule has 0 saturated carbocycles. The molecule has 4 nitrogen and oxygen atoms in total. The van der Waals surface area contributed by atoms with Crippen LogP contribution in [-0.2, 0) is 4.74 Å². The molecule has 1 heterocycles. The van der Waals surface area contributed by atoms with E-state index in [0.717, 1.165) is 19.5 Å². The number of hydrogen-bond donors (Lipinski definition) is 1. The minimum Gasteiger partial charge on any atom is -0.444 e. The second-order valence-corrected chi connectivity index (χ2v) is 6.87. The van der Waals surface area contributed by atoms with Gasteiger partial charge < -0.3 is 15.0 Å². The second-order valence-electron chi connectivity index (χ2n) is 6.87. The van der Waals surface area contributed by atoms with Gasteiger partial charge in [0.25, 0.3) is 0 Å². The van der Waals surface area contributed by atoms with E-state index in [2.05, 4.69) is 19.2 Å². The molecule has 0 aromatic heterocycles. The minimum absolute atomic E-state index is 0.167. The van der Waals surface area contributed by atoms with Crippen LogP contribution in [-0.4, -0.2) is 42.8 Å². The number of likely N-dealkylation sites (tertiary alicyclic amines) is 1. The van der Waals surface area contributed by atoms with Crippen LogP contribution in [0.25, 0.3) is 0 Å². The Bertz CT molecular complexity index is 308. The summed E-state index contributed by atoms with van der Waals surface area (Å²) in [6, 6.07) is 0.498. The molecule has 0 radical (unpaired) electrons. The third-order valence-electron chi connectivity index (χ3n) is 4.27. The van der Waals surface area contributed by atoms with E-state index in [0.29, 0.717) is 17.9 Å². The summed E-state index contributed by atoms with van der Waals surface area (Å²) in [7, 11) is 2.04. The lowest BCUT2D eigenvalue weighted by Crippen LogP contribution is -2.42. The first-order valence-corrected chi connectivity index (χ1v) is 7.97. The summed E-state index contributed by atoms with van der Waals surface area (Å²) in [4.78, 5) is 14.0. The Morgan fingerprint density at radius 3 is 2.40 bits per heavy atom. The summed E-state index contributed by atoms with van der Waals surface area (Å²) in [6.45, 7) is 11.9. The molecule has 0 bridgehead atoms. The summed E-state index contributed by atoms with van der Waals surface area (Å²) in [5.74, 6) is 1.22. The normalized spacial score (nSPS) is 21.4. The fourth-order valence-corrected chi connectivity index (χ4v) is 3.23. The number of carbonyl (C=O) groups is 1. The highest BCUT2D eigenvalue weighted by atomic mass is 16.6. The van der Waals surface area contributed by atoms with Gasteiger partial charge in [0.05, 0.1) is 0 Å². The number of carbonyl (C=O) groups excluding carboxylic acids is 1. The molecule has 20 heavy (non-hydrogen) atoms. The number of nitrogens with one attached hydrogen (secondary N) is 1. The van der Waals surface area contributed by atoms with Gasteiger partial charge in [0.1, 0.15) is 5.60 Å². The maximum Gasteiger partial charge on any atom is 0.410 e. The van der Waals surface area contributed by atoms with Gasteiger partial charge >= 0.3 is 6.09 Å². The summed E-state index contributed by atoms with van der Waals surface area (Å²) in [5.41, 5.74) is -0.410. The topological polar surface area (TPSA) is 41.6 Å². The standard InChI is InChI=1S/C16H32N2O2/c1-7-12(8-2)14(17-6)13-9-10-18(11-13)15(19)20-16(3,4)5/h12-14,17H,7-11H2,1-6H3. The van der Waals surface area contributed by atoms with Crippen molar-refractivity contribution in [3.05, 3.63) is 0 Å². The smallest absolute Gasteiger partial charge is 0.410 e. The third-order valence-corrected chi connectivity index (χ3v) is 4.27. The molecule has 0 aromatic carbocycles. The van der Waals surface area contributed by atoms with E-state index in [1.165, 1.54) is 12.8 Å². The van der Waals surface area contributed by atoms with Gasteiger partial charge in [-0.05, 0) is 46.1 Å². The number of nitrogens with zero attached hydrogens (tertiary/aromatic N) is 1. The van der Waals surface area contributed by atoms with E-state index in [-0.39, 0.29) is 6.09 Å². The Balaban J connectivity index is 2.59. The van der Waals surface area contributed by atoms with Gasteiger partial charge in [0.2, 0.25) is 0 Å². The van der Waals surface area contributed by atoms with Crippen molar-refractivity contribution in [2.24, 2.45) is 11.8 Å². The SMILES string of the molecule is CCC(CC)C(NC)C1CCN(C(=O)OC(C)(C)C)C1. The van der Waals surface area contributed by atoms with E-state index >= 15 is 0 Å². The Labute approximate surface area is 124 Å². The van der Waals surface area contributed by atoms with Crippen molar-refractivity contribution in [2.75, 3.05) is 20.1 Å². The molecule has 0 aliphatic carbocycles. The molecule has 1 amide bonds. The molecule has 4 heteroatoms. The van der Waals surface area contributed by atoms with Gasteiger partial charge in [-0.25, -0.2) is 4.79 Å². The van der Waals surface area contributed by atoms with E-state index < -0.39 is 5.60 Å². The molecule has 1 aliphatic heterocycles. The number of hydrogen-bond acceptors (Lipinski definition) is 3. The average molecular weight is 284 g/mol. The van der Waals surface area contributed by atoms with Crippen molar-refractivity contribution in [3.63, 3.8) is 0 Å². The monoisotopic (exact) mass is 284 g/mol. The van der Waals surface area contributed by atoms with Crippen LogP contribution >= 0.6 is 0 Å². The van der Waals surface area contributed by atoms with Crippen molar-refractivity contribution in [1.82, 2.24) is 10.2 Å². The lowest BCUT2D eigenvalue weighted by Gasteiger charge is -2.30. The quantitative estimate of drug-likeness (QED) is 0.842. The first-order chi connectivity index (χ1) is 9.32.